The first kappa shape index (κ1) is 18.3. The maximum absolute atomic E-state index is 12.0. The first-order valence-corrected chi connectivity index (χ1v) is 8.13. The van der Waals surface area contributed by atoms with Crippen LogP contribution in [0.1, 0.15) is 19.3 Å². The van der Waals surface area contributed by atoms with Crippen LogP contribution in [0.15, 0.2) is 54.6 Å². The van der Waals surface area contributed by atoms with Crippen molar-refractivity contribution >= 4 is 24.0 Å². The lowest BCUT2D eigenvalue weighted by atomic mass is 10.0. The zero-order valence-corrected chi connectivity index (χ0v) is 14.4. The van der Waals surface area contributed by atoms with E-state index in [1.54, 1.807) is 0 Å². The van der Waals surface area contributed by atoms with E-state index in [2.05, 4.69) is 10.6 Å². The summed E-state index contributed by atoms with van der Waals surface area (Å²) in [7, 11) is 0. The second-order valence-electron chi connectivity index (χ2n) is 5.89. The molecular weight excluding hydrogens is 324 g/mol. The molecule has 1 atom stereocenters. The summed E-state index contributed by atoms with van der Waals surface area (Å²) in [5, 5.41) is 6.27. The van der Waals surface area contributed by atoms with Crippen molar-refractivity contribution < 1.29 is 9.53 Å². The second-order valence-corrected chi connectivity index (χ2v) is 5.89. The van der Waals surface area contributed by atoms with Crippen molar-refractivity contribution in [3.8, 4) is 11.5 Å². The van der Waals surface area contributed by atoms with E-state index in [0.29, 0.717) is 12.3 Å². The first-order valence-electron chi connectivity index (χ1n) is 8.13. The summed E-state index contributed by atoms with van der Waals surface area (Å²) in [6.45, 7) is 2.12. The van der Waals surface area contributed by atoms with Crippen LogP contribution in [0.25, 0.3) is 0 Å². The minimum Gasteiger partial charge on any atom is -0.457 e. The Morgan fingerprint density at radius 1 is 1.08 bits per heavy atom. The van der Waals surface area contributed by atoms with Crippen LogP contribution < -0.4 is 15.4 Å². The van der Waals surface area contributed by atoms with Crippen LogP contribution in [0.5, 0.6) is 11.5 Å². The minimum absolute atomic E-state index is 0. The normalized spacial score (nSPS) is 16.2. The number of hydrogen-bond acceptors (Lipinski definition) is 3. The van der Waals surface area contributed by atoms with Gasteiger partial charge in [0.1, 0.15) is 11.5 Å². The highest BCUT2D eigenvalue weighted by Gasteiger charge is 2.15. The molecule has 0 radical (unpaired) electrons. The van der Waals surface area contributed by atoms with Gasteiger partial charge in [0.15, 0.2) is 0 Å². The quantitative estimate of drug-likeness (QED) is 0.823. The molecule has 1 saturated heterocycles. The summed E-state index contributed by atoms with van der Waals surface area (Å²) < 4.78 is 5.73. The van der Waals surface area contributed by atoms with Gasteiger partial charge in [0.05, 0.1) is 0 Å². The van der Waals surface area contributed by atoms with Crippen LogP contribution in [0.2, 0.25) is 0 Å². The van der Waals surface area contributed by atoms with E-state index in [1.807, 2.05) is 54.6 Å². The van der Waals surface area contributed by atoms with Crippen LogP contribution in [-0.4, -0.2) is 19.0 Å². The lowest BCUT2D eigenvalue weighted by Crippen LogP contribution is -2.14. The van der Waals surface area contributed by atoms with E-state index in [1.165, 1.54) is 6.42 Å². The Bertz CT molecular complexity index is 626. The van der Waals surface area contributed by atoms with Crippen molar-refractivity contribution in [2.45, 2.75) is 19.3 Å². The predicted molar refractivity (Wildman–Crippen MR) is 99.0 cm³/mol. The molecule has 1 unspecified atom stereocenters. The number of para-hydroxylation sites is 1. The standard InChI is InChI=1S/C19H22N2O2.ClH/c22-19(11-6-15-12-13-20-14-15)21-16-7-9-18(10-8-16)23-17-4-2-1-3-5-17;/h1-5,7-10,15,20H,6,11-14H2,(H,21,22);1H. The summed E-state index contributed by atoms with van der Waals surface area (Å²) in [4.78, 5) is 12.0. The number of ether oxygens (including phenoxy) is 1. The fraction of sp³-hybridized carbons (Fsp3) is 0.316. The molecular formula is C19H23ClN2O2. The summed E-state index contributed by atoms with van der Waals surface area (Å²) in [5.74, 6) is 2.27. The highest BCUT2D eigenvalue weighted by atomic mass is 35.5. The molecule has 2 N–H and O–H groups in total. The van der Waals surface area contributed by atoms with E-state index >= 15 is 0 Å². The fourth-order valence-electron chi connectivity index (χ4n) is 2.75. The van der Waals surface area contributed by atoms with E-state index in [9.17, 15) is 4.79 Å². The van der Waals surface area contributed by atoms with Gasteiger partial charge in [-0.2, -0.15) is 0 Å². The summed E-state index contributed by atoms with van der Waals surface area (Å²) >= 11 is 0. The third-order valence-corrected chi connectivity index (χ3v) is 4.06. The number of hydrogen-bond donors (Lipinski definition) is 2. The number of anilines is 1. The Kier molecular flexibility index (Phi) is 7.09. The van der Waals surface area contributed by atoms with Crippen molar-refractivity contribution in [1.82, 2.24) is 5.32 Å². The Morgan fingerprint density at radius 3 is 2.46 bits per heavy atom. The first-order chi connectivity index (χ1) is 11.3. The van der Waals surface area contributed by atoms with Gasteiger partial charge in [-0.1, -0.05) is 18.2 Å². The summed E-state index contributed by atoms with van der Waals surface area (Å²) in [5.41, 5.74) is 0.806. The molecule has 2 aromatic carbocycles. The van der Waals surface area contributed by atoms with E-state index in [0.717, 1.165) is 36.7 Å². The molecule has 24 heavy (non-hydrogen) atoms. The SMILES string of the molecule is Cl.O=C(CCC1CCNC1)Nc1ccc(Oc2ccccc2)cc1. The van der Waals surface area contributed by atoms with Crippen molar-refractivity contribution in [3.63, 3.8) is 0 Å². The molecule has 1 aliphatic heterocycles. The molecule has 0 spiro atoms. The second kappa shape index (κ2) is 9.30. The van der Waals surface area contributed by atoms with E-state index < -0.39 is 0 Å². The highest BCUT2D eigenvalue weighted by molar-refractivity contribution is 5.90. The Morgan fingerprint density at radius 2 is 1.79 bits per heavy atom. The van der Waals surface area contributed by atoms with Gasteiger partial charge in [-0.25, -0.2) is 0 Å². The number of carbonyl (C=O) groups is 1. The van der Waals surface area contributed by atoms with Gasteiger partial charge in [0.2, 0.25) is 5.91 Å². The van der Waals surface area contributed by atoms with Crippen LogP contribution in [-0.2, 0) is 4.79 Å². The maximum atomic E-state index is 12.0. The summed E-state index contributed by atoms with van der Waals surface area (Å²) in [6.07, 6.45) is 2.71. The van der Waals surface area contributed by atoms with Gasteiger partial charge < -0.3 is 15.4 Å². The molecule has 1 fully saturated rings. The average Bonchev–Trinajstić information content (AvgIpc) is 3.09. The smallest absolute Gasteiger partial charge is 0.224 e. The van der Waals surface area contributed by atoms with Crippen molar-refractivity contribution in [2.24, 2.45) is 5.92 Å². The van der Waals surface area contributed by atoms with Crippen molar-refractivity contribution in [2.75, 3.05) is 18.4 Å². The van der Waals surface area contributed by atoms with Crippen LogP contribution >= 0.6 is 12.4 Å². The Balaban J connectivity index is 0.00000208. The Labute approximate surface area is 149 Å². The molecule has 1 aliphatic rings. The van der Waals surface area contributed by atoms with Gasteiger partial charge in [0, 0.05) is 12.1 Å². The molecule has 2 aromatic rings. The molecule has 0 bridgehead atoms. The number of carbonyl (C=O) groups excluding carboxylic acids is 1. The molecule has 1 amide bonds. The van der Waals surface area contributed by atoms with Gasteiger partial charge in [-0.15, -0.1) is 12.4 Å². The van der Waals surface area contributed by atoms with Crippen LogP contribution in [0.4, 0.5) is 5.69 Å². The molecule has 0 saturated carbocycles. The minimum atomic E-state index is 0. The monoisotopic (exact) mass is 346 g/mol. The number of halogens is 1. The largest absolute Gasteiger partial charge is 0.457 e. The van der Waals surface area contributed by atoms with Crippen LogP contribution in [0, 0.1) is 5.92 Å². The average molecular weight is 347 g/mol. The van der Waals surface area contributed by atoms with Gasteiger partial charge >= 0.3 is 0 Å². The molecule has 1 heterocycles. The molecule has 5 heteroatoms. The van der Waals surface area contributed by atoms with E-state index in [4.69, 9.17) is 4.74 Å². The zero-order chi connectivity index (χ0) is 15.9. The molecule has 0 aliphatic carbocycles. The number of amides is 1. The maximum Gasteiger partial charge on any atom is 0.224 e. The third kappa shape index (κ3) is 5.55. The predicted octanol–water partition coefficient (Wildman–Crippen LogP) is 4.23. The number of nitrogens with one attached hydrogen (secondary N) is 2. The van der Waals surface area contributed by atoms with Crippen LogP contribution in [0.3, 0.4) is 0 Å². The Hall–Kier alpha value is -2.04. The highest BCUT2D eigenvalue weighted by Crippen LogP contribution is 2.23. The van der Waals surface area contributed by atoms with Gasteiger partial charge in [-0.05, 0) is 68.2 Å². The van der Waals surface area contributed by atoms with Crippen molar-refractivity contribution in [3.05, 3.63) is 54.6 Å². The lowest BCUT2D eigenvalue weighted by molar-refractivity contribution is -0.116. The summed E-state index contributed by atoms with van der Waals surface area (Å²) in [6, 6.07) is 17.1. The zero-order valence-electron chi connectivity index (χ0n) is 13.5. The fourth-order valence-corrected chi connectivity index (χ4v) is 2.75. The van der Waals surface area contributed by atoms with E-state index in [-0.39, 0.29) is 18.3 Å². The van der Waals surface area contributed by atoms with Crippen molar-refractivity contribution in [1.29, 1.82) is 0 Å². The third-order valence-electron chi connectivity index (χ3n) is 4.06. The molecule has 0 aromatic heterocycles. The number of rotatable bonds is 6. The molecule has 4 nitrogen and oxygen atoms in total. The van der Waals surface area contributed by atoms with Gasteiger partial charge in [0.25, 0.3) is 0 Å². The molecule has 3 rings (SSSR count). The topological polar surface area (TPSA) is 50.4 Å². The lowest BCUT2D eigenvalue weighted by Gasteiger charge is -2.10. The molecule has 128 valence electrons. The van der Waals surface area contributed by atoms with Gasteiger partial charge in [-0.3, -0.25) is 4.79 Å². The number of benzene rings is 2.